The van der Waals surface area contributed by atoms with Crippen molar-refractivity contribution in [1.82, 2.24) is 0 Å². The van der Waals surface area contributed by atoms with Gasteiger partial charge in [-0.05, 0) is 60.5 Å². The summed E-state index contributed by atoms with van der Waals surface area (Å²) >= 11 is 6.18. The van der Waals surface area contributed by atoms with Crippen LogP contribution in [0.15, 0.2) is 103 Å². The second-order valence-corrected chi connectivity index (χ2v) is 10.00. The third-order valence-corrected chi connectivity index (χ3v) is 7.27. The first-order valence-electron chi connectivity index (χ1n) is 13.1. The number of ether oxygens (including phenoxy) is 2. The first-order chi connectivity index (χ1) is 19.5. The van der Waals surface area contributed by atoms with Gasteiger partial charge in [0.2, 0.25) is 5.91 Å². The average molecular weight is 555 g/mol. The highest BCUT2D eigenvalue weighted by Crippen LogP contribution is 2.49. The lowest BCUT2D eigenvalue weighted by atomic mass is 9.90. The monoisotopic (exact) mass is 554 g/mol. The predicted molar refractivity (Wildman–Crippen MR) is 152 cm³/mol. The lowest BCUT2D eigenvalue weighted by molar-refractivity contribution is -0.126. The van der Waals surface area contributed by atoms with Crippen LogP contribution in [0.1, 0.15) is 24.1 Å². The number of anilines is 2. The van der Waals surface area contributed by atoms with Crippen LogP contribution in [0.2, 0.25) is 5.02 Å². The van der Waals surface area contributed by atoms with Crippen LogP contribution in [0.5, 0.6) is 11.5 Å². The molecule has 0 saturated carbocycles. The molecule has 0 aromatic heterocycles. The normalized spacial score (nSPS) is 20.1. The molecule has 2 heterocycles. The standard InChI is InChI=1S/C32H27ClN2O5/c1-2-38-27-18-22(16-17-26(27)39-20-21-10-5-3-6-11-21)29-28-30(40-35(29)24-13-7-4-8-14-24)32(37)34(31(28)36)25-15-9-12-23(33)19-25/h3-19,28-30H,2,20H2,1H3/t28-,29-,30-/m1/s1. The van der Waals surface area contributed by atoms with Crippen molar-refractivity contribution in [2.24, 2.45) is 5.92 Å². The molecule has 0 radical (unpaired) electrons. The number of hydrogen-bond donors (Lipinski definition) is 0. The van der Waals surface area contributed by atoms with E-state index in [1.165, 1.54) is 4.90 Å². The first kappa shape index (κ1) is 25.9. The van der Waals surface area contributed by atoms with Crippen LogP contribution >= 0.6 is 11.6 Å². The molecule has 40 heavy (non-hydrogen) atoms. The van der Waals surface area contributed by atoms with Crippen LogP contribution in [0.3, 0.4) is 0 Å². The number of fused-ring (bicyclic) bond motifs is 1. The molecular formula is C32H27ClN2O5. The lowest BCUT2D eigenvalue weighted by Crippen LogP contribution is -2.37. The molecule has 8 heteroatoms. The summed E-state index contributed by atoms with van der Waals surface area (Å²) in [6.45, 7) is 2.72. The summed E-state index contributed by atoms with van der Waals surface area (Å²) in [5.74, 6) is -0.407. The van der Waals surface area contributed by atoms with Gasteiger partial charge in [0.15, 0.2) is 17.6 Å². The van der Waals surface area contributed by atoms with Gasteiger partial charge < -0.3 is 9.47 Å². The number of para-hydroxylation sites is 1. The minimum absolute atomic E-state index is 0.344. The Morgan fingerprint density at radius 2 is 1.50 bits per heavy atom. The van der Waals surface area contributed by atoms with Crippen molar-refractivity contribution in [2.75, 3.05) is 16.6 Å². The second kappa shape index (κ2) is 11.0. The van der Waals surface area contributed by atoms with Gasteiger partial charge in [-0.3, -0.25) is 14.4 Å². The van der Waals surface area contributed by atoms with Crippen molar-refractivity contribution < 1.29 is 23.9 Å². The van der Waals surface area contributed by atoms with E-state index >= 15 is 0 Å². The number of hydroxylamine groups is 1. The number of carbonyl (C=O) groups excluding carboxylic acids is 2. The van der Waals surface area contributed by atoms with Crippen molar-refractivity contribution in [3.05, 3.63) is 119 Å². The van der Waals surface area contributed by atoms with E-state index < -0.39 is 24.0 Å². The zero-order chi connectivity index (χ0) is 27.6. The van der Waals surface area contributed by atoms with E-state index in [0.29, 0.717) is 35.4 Å². The Labute approximate surface area is 237 Å². The van der Waals surface area contributed by atoms with E-state index in [0.717, 1.165) is 16.8 Å². The zero-order valence-corrected chi connectivity index (χ0v) is 22.5. The Bertz CT molecular complexity index is 1530. The van der Waals surface area contributed by atoms with Crippen LogP contribution in [0, 0.1) is 5.92 Å². The first-order valence-corrected chi connectivity index (χ1v) is 13.5. The Morgan fingerprint density at radius 1 is 0.775 bits per heavy atom. The molecule has 7 nitrogen and oxygen atoms in total. The topological polar surface area (TPSA) is 68.3 Å². The van der Waals surface area contributed by atoms with Crippen molar-refractivity contribution in [3.8, 4) is 11.5 Å². The van der Waals surface area contributed by atoms with Gasteiger partial charge in [-0.15, -0.1) is 0 Å². The number of imide groups is 1. The second-order valence-electron chi connectivity index (χ2n) is 9.56. The Kier molecular flexibility index (Phi) is 7.15. The molecule has 2 aliphatic heterocycles. The molecule has 0 aliphatic carbocycles. The largest absolute Gasteiger partial charge is 0.490 e. The Morgan fingerprint density at radius 3 is 2.23 bits per heavy atom. The number of hydrogen-bond acceptors (Lipinski definition) is 6. The van der Waals surface area contributed by atoms with Crippen molar-refractivity contribution in [3.63, 3.8) is 0 Å². The number of rotatable bonds is 8. The molecule has 0 bridgehead atoms. The highest BCUT2D eigenvalue weighted by atomic mass is 35.5. The minimum atomic E-state index is -0.985. The SMILES string of the molecule is CCOc1cc([C@@H]2[C@H]3C(=O)N(c4cccc(Cl)c4)C(=O)[C@@H]3ON2c2ccccc2)ccc1OCc1ccccc1. The van der Waals surface area contributed by atoms with Gasteiger partial charge in [-0.1, -0.05) is 72.3 Å². The number of halogens is 1. The molecule has 0 N–H and O–H groups in total. The number of amides is 2. The molecule has 6 rings (SSSR count). The molecule has 2 saturated heterocycles. The molecule has 2 amide bonds. The molecule has 4 aromatic rings. The number of benzene rings is 4. The van der Waals surface area contributed by atoms with Crippen LogP contribution < -0.4 is 19.4 Å². The maximum atomic E-state index is 13.9. The van der Waals surface area contributed by atoms with Gasteiger partial charge >= 0.3 is 0 Å². The van der Waals surface area contributed by atoms with Crippen LogP contribution in [0.25, 0.3) is 0 Å². The zero-order valence-electron chi connectivity index (χ0n) is 21.8. The van der Waals surface area contributed by atoms with Crippen LogP contribution in [0.4, 0.5) is 11.4 Å². The van der Waals surface area contributed by atoms with E-state index in [-0.39, 0.29) is 5.91 Å². The van der Waals surface area contributed by atoms with Crippen molar-refractivity contribution >= 4 is 34.8 Å². The number of carbonyl (C=O) groups is 2. The Hall–Kier alpha value is -4.33. The molecule has 2 fully saturated rings. The molecule has 3 atom stereocenters. The smallest absolute Gasteiger partial charge is 0.266 e. The summed E-state index contributed by atoms with van der Waals surface area (Å²) in [7, 11) is 0. The molecule has 0 unspecified atom stereocenters. The van der Waals surface area contributed by atoms with Gasteiger partial charge in [0.05, 0.1) is 24.0 Å². The molecule has 0 spiro atoms. The van der Waals surface area contributed by atoms with Gasteiger partial charge in [-0.25, -0.2) is 9.96 Å². The summed E-state index contributed by atoms with van der Waals surface area (Å²) < 4.78 is 12.1. The number of nitrogens with zero attached hydrogens (tertiary/aromatic N) is 2. The lowest BCUT2D eigenvalue weighted by Gasteiger charge is -2.29. The predicted octanol–water partition coefficient (Wildman–Crippen LogP) is 6.37. The molecule has 202 valence electrons. The third-order valence-electron chi connectivity index (χ3n) is 7.04. The molecular weight excluding hydrogens is 528 g/mol. The maximum Gasteiger partial charge on any atom is 0.266 e. The third kappa shape index (κ3) is 4.78. The van der Waals surface area contributed by atoms with Gasteiger partial charge in [0.1, 0.15) is 12.5 Å². The fourth-order valence-corrected chi connectivity index (χ4v) is 5.44. The molecule has 2 aliphatic rings. The fraction of sp³-hybridized carbons (Fsp3) is 0.188. The maximum absolute atomic E-state index is 13.9. The summed E-state index contributed by atoms with van der Waals surface area (Å²) in [4.78, 5) is 34.9. The van der Waals surface area contributed by atoms with E-state index in [1.54, 1.807) is 29.3 Å². The highest BCUT2D eigenvalue weighted by molar-refractivity contribution is 6.31. The summed E-state index contributed by atoms with van der Waals surface area (Å²) in [6.07, 6.45) is -0.985. The molecule has 4 aromatic carbocycles. The van der Waals surface area contributed by atoms with Crippen LogP contribution in [-0.4, -0.2) is 24.5 Å². The van der Waals surface area contributed by atoms with Gasteiger partial charge in [0, 0.05) is 5.02 Å². The summed E-state index contributed by atoms with van der Waals surface area (Å²) in [5.41, 5.74) is 2.96. The van der Waals surface area contributed by atoms with E-state index in [1.807, 2.05) is 85.8 Å². The Balaban J connectivity index is 1.38. The quantitative estimate of drug-likeness (QED) is 0.236. The van der Waals surface area contributed by atoms with Gasteiger partial charge in [-0.2, -0.15) is 0 Å². The highest BCUT2D eigenvalue weighted by Gasteiger charge is 2.60. The average Bonchev–Trinajstić information content (AvgIpc) is 3.49. The minimum Gasteiger partial charge on any atom is -0.490 e. The summed E-state index contributed by atoms with van der Waals surface area (Å²) in [6, 6.07) is 31.1. The van der Waals surface area contributed by atoms with E-state index in [2.05, 4.69) is 0 Å². The van der Waals surface area contributed by atoms with E-state index in [4.69, 9.17) is 25.9 Å². The fourth-order valence-electron chi connectivity index (χ4n) is 5.25. The van der Waals surface area contributed by atoms with Crippen LogP contribution in [-0.2, 0) is 21.0 Å². The van der Waals surface area contributed by atoms with Crippen molar-refractivity contribution in [2.45, 2.75) is 25.7 Å². The summed E-state index contributed by atoms with van der Waals surface area (Å²) in [5, 5.41) is 2.10. The van der Waals surface area contributed by atoms with E-state index in [9.17, 15) is 9.59 Å². The van der Waals surface area contributed by atoms with Crippen molar-refractivity contribution in [1.29, 1.82) is 0 Å². The van der Waals surface area contributed by atoms with Gasteiger partial charge in [0.25, 0.3) is 5.91 Å².